The van der Waals surface area contributed by atoms with Crippen LogP contribution in [-0.4, -0.2) is 104 Å². The number of piperidine rings is 1. The lowest BCUT2D eigenvalue weighted by Crippen LogP contribution is -2.49. The number of urea groups is 1. The van der Waals surface area contributed by atoms with Gasteiger partial charge in [-0.05, 0) is 99.9 Å². The number of carbonyl (C=O) groups is 2. The molecule has 3 saturated heterocycles. The van der Waals surface area contributed by atoms with Gasteiger partial charge >= 0.3 is 6.03 Å². The lowest BCUT2D eigenvalue weighted by molar-refractivity contribution is -0.120. The van der Waals surface area contributed by atoms with Gasteiger partial charge in [0.05, 0.1) is 46.7 Å². The summed E-state index contributed by atoms with van der Waals surface area (Å²) in [5.41, 5.74) is 9.29. The lowest BCUT2D eigenvalue weighted by Gasteiger charge is -2.44. The second kappa shape index (κ2) is 18.1. The number of hydrogen-bond donors (Lipinski definition) is 4. The lowest BCUT2D eigenvalue weighted by atomic mass is 9.79. The zero-order valence-electron chi connectivity index (χ0n) is 34.7. The summed E-state index contributed by atoms with van der Waals surface area (Å²) in [7, 11) is 3.58. The van der Waals surface area contributed by atoms with E-state index in [0.717, 1.165) is 69.2 Å². The summed E-state index contributed by atoms with van der Waals surface area (Å²) < 4.78 is 46.0. The van der Waals surface area contributed by atoms with Crippen LogP contribution in [0.2, 0.25) is 0 Å². The Bertz CT molecular complexity index is 2530. The molecular formula is C44H50F2N10O5S. The fourth-order valence-electron chi connectivity index (χ4n) is 9.30. The van der Waals surface area contributed by atoms with E-state index in [-0.39, 0.29) is 65.7 Å². The van der Waals surface area contributed by atoms with Gasteiger partial charge in [-0.1, -0.05) is 12.8 Å². The van der Waals surface area contributed by atoms with E-state index in [0.29, 0.717) is 52.7 Å². The summed E-state index contributed by atoms with van der Waals surface area (Å²) >= 11 is 3.85. The number of rotatable bonds is 8. The molecule has 15 nitrogen and oxygen atoms in total. The van der Waals surface area contributed by atoms with E-state index in [4.69, 9.17) is 25.3 Å². The number of anilines is 2. The van der Waals surface area contributed by atoms with Crippen LogP contribution in [0.1, 0.15) is 80.0 Å². The largest absolute Gasteiger partial charge is 0.453 e. The highest BCUT2D eigenvalue weighted by molar-refractivity contribution is 7.77. The molecule has 326 valence electrons. The van der Waals surface area contributed by atoms with Gasteiger partial charge in [0.2, 0.25) is 5.91 Å². The van der Waals surface area contributed by atoms with Gasteiger partial charge < -0.3 is 25.2 Å². The molecule has 3 aromatic carbocycles. The van der Waals surface area contributed by atoms with Crippen molar-refractivity contribution < 1.29 is 33.0 Å². The molecule has 4 fully saturated rings. The number of likely N-dealkylation sites (tertiary alicyclic amines) is 1. The van der Waals surface area contributed by atoms with Crippen LogP contribution in [0.15, 0.2) is 48.7 Å². The summed E-state index contributed by atoms with van der Waals surface area (Å²) in [5, 5.41) is 25.1. The summed E-state index contributed by atoms with van der Waals surface area (Å²) in [6.07, 6.45) is 8.41. The first-order chi connectivity index (χ1) is 29.8. The van der Waals surface area contributed by atoms with Gasteiger partial charge in [0.15, 0.2) is 17.4 Å². The van der Waals surface area contributed by atoms with Gasteiger partial charge in [0.1, 0.15) is 23.2 Å². The number of nitriles is 1. The summed E-state index contributed by atoms with van der Waals surface area (Å²) in [6.45, 7) is 3.44. The minimum Gasteiger partial charge on any atom is -0.453 e. The molecule has 1 aliphatic carbocycles. The highest BCUT2D eigenvalue weighted by Crippen LogP contribution is 2.45. The summed E-state index contributed by atoms with van der Waals surface area (Å²) in [5.74, 6) is -0.658. The Morgan fingerprint density at radius 3 is 2.53 bits per heavy atom. The third-order valence-corrected chi connectivity index (χ3v) is 12.9. The van der Waals surface area contributed by atoms with Crippen molar-refractivity contribution in [3.63, 3.8) is 0 Å². The van der Waals surface area contributed by atoms with Crippen molar-refractivity contribution in [2.45, 2.75) is 74.8 Å². The smallest absolute Gasteiger partial charge is 0.329 e. The van der Waals surface area contributed by atoms with E-state index in [2.05, 4.69) is 33.1 Å². The van der Waals surface area contributed by atoms with Crippen molar-refractivity contribution in [3.05, 3.63) is 77.1 Å². The average molecular weight is 869 g/mol. The third kappa shape index (κ3) is 8.90. The van der Waals surface area contributed by atoms with Gasteiger partial charge in [-0.3, -0.25) is 29.0 Å². The van der Waals surface area contributed by atoms with Crippen LogP contribution >= 0.6 is 12.8 Å². The summed E-state index contributed by atoms with van der Waals surface area (Å²) in [6, 6.07) is 12.8. The minimum absolute atomic E-state index is 0.0604. The predicted octanol–water partition coefficient (Wildman–Crippen LogP) is 6.31. The number of ether oxygens (including phenoxy) is 2. The van der Waals surface area contributed by atoms with Crippen LogP contribution in [0.25, 0.3) is 21.9 Å². The maximum Gasteiger partial charge on any atom is 0.329 e. The molecule has 1 atom stereocenters. The molecule has 62 heavy (non-hydrogen) atoms. The van der Waals surface area contributed by atoms with E-state index in [1.807, 2.05) is 12.1 Å². The number of nitrogen functional groups attached to an aromatic ring is 1. The van der Waals surface area contributed by atoms with Crippen LogP contribution in [0.4, 0.5) is 25.1 Å². The normalized spacial score (nSPS) is 21.6. The fraction of sp³-hybridized carbons (Fsp3) is 0.455. The number of amides is 3. The van der Waals surface area contributed by atoms with Crippen molar-refractivity contribution in [2.24, 2.45) is 7.05 Å². The van der Waals surface area contributed by atoms with Crippen molar-refractivity contribution >= 4 is 58.2 Å². The van der Waals surface area contributed by atoms with Crippen LogP contribution in [-0.2, 0) is 16.6 Å². The first-order valence-electron chi connectivity index (χ1n) is 20.9. The topological polar surface area (TPSA) is 188 Å². The van der Waals surface area contributed by atoms with Gasteiger partial charge in [0, 0.05) is 69.3 Å². The fourth-order valence-corrected chi connectivity index (χ4v) is 9.39. The van der Waals surface area contributed by atoms with Crippen LogP contribution in [0.5, 0.6) is 11.5 Å². The molecule has 9 rings (SSSR count). The highest BCUT2D eigenvalue weighted by Gasteiger charge is 2.45. The van der Waals surface area contributed by atoms with Gasteiger partial charge in [-0.15, -0.1) is 0 Å². The van der Waals surface area contributed by atoms with Crippen molar-refractivity contribution in [1.29, 1.82) is 5.26 Å². The Balaban J connectivity index is 0.000000825. The minimum atomic E-state index is -0.680. The molecule has 4 aliphatic rings. The predicted molar refractivity (Wildman–Crippen MR) is 232 cm³/mol. The van der Waals surface area contributed by atoms with Crippen molar-refractivity contribution in [1.82, 2.24) is 34.3 Å². The third-order valence-electron chi connectivity index (χ3n) is 12.7. The Kier molecular flexibility index (Phi) is 12.6. The van der Waals surface area contributed by atoms with Crippen molar-refractivity contribution in [2.75, 3.05) is 57.1 Å². The number of imide groups is 1. The zero-order valence-corrected chi connectivity index (χ0v) is 35.6. The number of aromatic nitrogens is 4. The first kappa shape index (κ1) is 43.2. The standard InChI is InChI=1S/C41H41F2N9O4.C3H9NOS/c1-50-36-18-27(31(43)17-28(36)39(49-50)52-13-10-37(53)48-40(52)54)23-2-4-25(5-3-23)51-14-11-41(12-15-51)19-24(22-55-41)35-21-46-33-9-6-26(16-34(33)47-35)56-38-29(20-44)32(45)8-7-30(38)42;1-4(6)2-3-5/h6-9,16-18,21,23-25H,2-5,10-15,19,22,45H2,1H3,(H,48,53,54);5-6H,2-3H2,1H3. The molecular weight excluding hydrogens is 819 g/mol. The monoisotopic (exact) mass is 868 g/mol. The maximum atomic E-state index is 15.7. The number of fused-ring (bicyclic) bond motifs is 2. The van der Waals surface area contributed by atoms with Gasteiger partial charge in [0.25, 0.3) is 0 Å². The maximum absolute atomic E-state index is 15.7. The highest BCUT2D eigenvalue weighted by atomic mass is 32.1. The van der Waals surface area contributed by atoms with Crippen molar-refractivity contribution in [3.8, 4) is 17.6 Å². The van der Waals surface area contributed by atoms with E-state index < -0.39 is 11.8 Å². The number of nitrogens with two attached hydrogens (primary N) is 1. The molecule has 2 aromatic heterocycles. The molecule has 1 spiro atoms. The Morgan fingerprint density at radius 2 is 1.84 bits per heavy atom. The number of carbonyl (C=O) groups excluding carboxylic acids is 2. The average Bonchev–Trinajstić information content (AvgIpc) is 3.82. The molecule has 0 radical (unpaired) electrons. The molecule has 5 heterocycles. The SMILES string of the molecule is CN(S)CCO.Cn1nc(N2CCC(=O)NC2=O)c2cc(F)c(C3CCC(N4CCC5(CC4)CC(c4cnc6ccc(Oc7c(F)ccc(N)c7C#N)cc6n4)CO5)CC3)cc21. The summed E-state index contributed by atoms with van der Waals surface area (Å²) in [4.78, 5) is 37.7. The number of hydrogen-bond acceptors (Lipinski definition) is 13. The Hall–Kier alpha value is -5.45. The number of benzene rings is 3. The number of nitrogens with zero attached hydrogens (tertiary/aromatic N) is 8. The number of thiol groups is 1. The molecule has 5 aromatic rings. The number of aryl methyl sites for hydroxylation is 1. The van der Waals surface area contributed by atoms with E-state index >= 15 is 4.39 Å². The number of aliphatic hydroxyl groups is 1. The van der Waals surface area contributed by atoms with Gasteiger partial charge in [-0.2, -0.15) is 10.4 Å². The zero-order chi connectivity index (χ0) is 43.7. The van der Waals surface area contributed by atoms with Crippen LogP contribution < -0.4 is 20.7 Å². The van der Waals surface area contributed by atoms with E-state index in [9.17, 15) is 19.2 Å². The van der Waals surface area contributed by atoms with E-state index in [1.54, 1.807) is 47.5 Å². The second-order valence-corrected chi connectivity index (χ2v) is 17.3. The Labute approximate surface area is 363 Å². The molecule has 4 N–H and O–H groups in total. The van der Waals surface area contributed by atoms with E-state index in [1.165, 1.54) is 23.1 Å². The van der Waals surface area contributed by atoms with Crippen LogP contribution in [0, 0.1) is 23.0 Å². The van der Waals surface area contributed by atoms with Crippen LogP contribution in [0.3, 0.4) is 0 Å². The van der Waals surface area contributed by atoms with Gasteiger partial charge in [-0.25, -0.2) is 18.6 Å². The quantitative estimate of drug-likeness (QED) is 0.101. The first-order valence-corrected chi connectivity index (χ1v) is 21.3. The molecule has 18 heteroatoms. The number of aliphatic hydroxyl groups excluding tert-OH is 1. The second-order valence-electron chi connectivity index (χ2n) is 16.6. The molecule has 1 unspecified atom stereocenters. The molecule has 0 bridgehead atoms. The molecule has 1 saturated carbocycles. The number of halogens is 2. The molecule has 3 aliphatic heterocycles. The number of likely N-dealkylation sites (N-methyl/N-ethyl adjacent to an activating group) is 1. The Morgan fingerprint density at radius 1 is 1.06 bits per heavy atom. The molecule has 3 amide bonds. The number of nitrogens with one attached hydrogen (secondary N) is 1.